The molecule has 0 aliphatic heterocycles. The summed E-state index contributed by atoms with van der Waals surface area (Å²) in [7, 11) is 1.61. The molecule has 0 radical (unpaired) electrons. The van der Waals surface area contributed by atoms with Crippen molar-refractivity contribution in [3.05, 3.63) is 53.9 Å². The van der Waals surface area contributed by atoms with Crippen LogP contribution in [0.2, 0.25) is 0 Å². The van der Waals surface area contributed by atoms with Crippen molar-refractivity contribution in [2.24, 2.45) is 0 Å². The lowest BCUT2D eigenvalue weighted by Gasteiger charge is -2.12. The number of aryl methyl sites for hydroxylation is 1. The molecule has 0 fully saturated rings. The maximum Gasteiger partial charge on any atom is 0.255 e. The van der Waals surface area contributed by atoms with Crippen LogP contribution in [-0.4, -0.2) is 43.6 Å². The summed E-state index contributed by atoms with van der Waals surface area (Å²) in [5, 5.41) is 8.62. The van der Waals surface area contributed by atoms with E-state index in [2.05, 4.69) is 20.9 Å². The van der Waals surface area contributed by atoms with Crippen molar-refractivity contribution in [2.75, 3.05) is 37.4 Å². The van der Waals surface area contributed by atoms with Crippen LogP contribution in [0.3, 0.4) is 0 Å². The molecule has 1 heterocycles. The highest BCUT2D eigenvalue weighted by Gasteiger charge is 2.09. The molecule has 2 amide bonds. The summed E-state index contributed by atoms with van der Waals surface area (Å²) in [5.74, 6) is -0.387. The molecule has 2 rings (SSSR count). The third-order valence-corrected chi connectivity index (χ3v) is 3.48. The number of anilines is 2. The zero-order valence-corrected chi connectivity index (χ0v) is 16.8. The summed E-state index contributed by atoms with van der Waals surface area (Å²) in [5.41, 5.74) is 2.69. The highest BCUT2D eigenvalue weighted by molar-refractivity contribution is 6.05. The number of carbonyl (C=O) groups excluding carboxylic acids is 2. The third kappa shape index (κ3) is 8.36. The first kappa shape index (κ1) is 24.8. The number of amides is 2. The van der Waals surface area contributed by atoms with Gasteiger partial charge in [-0.05, 0) is 36.8 Å². The average Bonchev–Trinajstić information content (AvgIpc) is 2.62. The molecule has 7 nitrogen and oxygen atoms in total. The molecule has 0 aliphatic carbocycles. The molecule has 0 aliphatic rings. The number of hydrogen-bond acceptors (Lipinski definition) is 5. The Bertz CT molecular complexity index is 730. The van der Waals surface area contributed by atoms with E-state index in [1.807, 2.05) is 13.0 Å². The van der Waals surface area contributed by atoms with E-state index in [1.54, 1.807) is 43.8 Å². The molecule has 0 saturated carbocycles. The van der Waals surface area contributed by atoms with Crippen molar-refractivity contribution >= 4 is 48.0 Å². The van der Waals surface area contributed by atoms with Crippen molar-refractivity contribution in [2.45, 2.75) is 6.92 Å². The predicted octanol–water partition coefficient (Wildman–Crippen LogP) is 2.66. The number of carbonyl (C=O) groups is 2. The Balaban J connectivity index is 0.00000338. The van der Waals surface area contributed by atoms with Crippen LogP contribution in [0.25, 0.3) is 0 Å². The molecule has 1 aromatic carbocycles. The van der Waals surface area contributed by atoms with E-state index in [4.69, 9.17) is 4.74 Å². The Morgan fingerprint density at radius 1 is 1.07 bits per heavy atom. The van der Waals surface area contributed by atoms with Crippen LogP contribution in [0.1, 0.15) is 15.9 Å². The van der Waals surface area contributed by atoms with Gasteiger partial charge in [-0.25, -0.2) is 0 Å². The number of methoxy groups -OCH3 is 1. The molecule has 0 saturated heterocycles. The second kappa shape index (κ2) is 13.1. The average molecular weight is 415 g/mol. The highest BCUT2D eigenvalue weighted by atomic mass is 35.5. The minimum absolute atomic E-state index is 0. The Morgan fingerprint density at radius 2 is 1.78 bits per heavy atom. The van der Waals surface area contributed by atoms with Crippen molar-refractivity contribution in [1.82, 2.24) is 10.3 Å². The fourth-order valence-corrected chi connectivity index (χ4v) is 2.11. The minimum Gasteiger partial charge on any atom is -0.383 e. The number of pyridine rings is 1. The molecule has 0 atom stereocenters. The molecular weight excluding hydrogens is 391 g/mol. The lowest BCUT2D eigenvalue weighted by atomic mass is 10.1. The summed E-state index contributed by atoms with van der Waals surface area (Å²) in [6.07, 6.45) is 3.13. The van der Waals surface area contributed by atoms with E-state index in [0.29, 0.717) is 30.1 Å². The van der Waals surface area contributed by atoms with E-state index in [-0.39, 0.29) is 43.2 Å². The van der Waals surface area contributed by atoms with Gasteiger partial charge in [0.1, 0.15) is 0 Å². The fraction of sp³-hybridized carbons (Fsp3) is 0.278. The second-order valence-corrected chi connectivity index (χ2v) is 5.44. The SMILES string of the molecule is COCCNCC(=O)Nc1ccc(C)c(NC(=O)c2ccncc2)c1.Cl.Cl. The topological polar surface area (TPSA) is 92.4 Å². The largest absolute Gasteiger partial charge is 0.383 e. The first-order chi connectivity index (χ1) is 12.1. The number of hydrogen-bond donors (Lipinski definition) is 3. The summed E-state index contributed by atoms with van der Waals surface area (Å²) in [4.78, 5) is 28.1. The van der Waals surface area contributed by atoms with Crippen LogP contribution in [0.4, 0.5) is 11.4 Å². The molecule has 1 aromatic heterocycles. The van der Waals surface area contributed by atoms with Gasteiger partial charge in [-0.3, -0.25) is 14.6 Å². The zero-order chi connectivity index (χ0) is 18.1. The van der Waals surface area contributed by atoms with E-state index >= 15 is 0 Å². The lowest BCUT2D eigenvalue weighted by Crippen LogP contribution is -2.30. The van der Waals surface area contributed by atoms with Gasteiger partial charge in [0.25, 0.3) is 5.91 Å². The van der Waals surface area contributed by atoms with Gasteiger partial charge in [0, 0.05) is 43.0 Å². The number of halogens is 2. The number of aromatic nitrogens is 1. The predicted molar refractivity (Wildman–Crippen MR) is 111 cm³/mol. The van der Waals surface area contributed by atoms with Crippen molar-refractivity contribution in [1.29, 1.82) is 0 Å². The Labute approximate surface area is 171 Å². The van der Waals surface area contributed by atoms with Crippen LogP contribution in [0, 0.1) is 6.92 Å². The monoisotopic (exact) mass is 414 g/mol. The van der Waals surface area contributed by atoms with Crippen LogP contribution >= 0.6 is 24.8 Å². The van der Waals surface area contributed by atoms with Gasteiger partial charge in [0.15, 0.2) is 0 Å². The number of nitrogens with one attached hydrogen (secondary N) is 3. The highest BCUT2D eigenvalue weighted by Crippen LogP contribution is 2.21. The van der Waals surface area contributed by atoms with Gasteiger partial charge in [-0.15, -0.1) is 24.8 Å². The summed E-state index contributed by atoms with van der Waals surface area (Å²) < 4.78 is 4.91. The summed E-state index contributed by atoms with van der Waals surface area (Å²) in [6.45, 7) is 3.23. The number of rotatable bonds is 8. The van der Waals surface area contributed by atoms with Crippen molar-refractivity contribution < 1.29 is 14.3 Å². The maximum atomic E-state index is 12.3. The van der Waals surface area contributed by atoms with Gasteiger partial charge in [-0.1, -0.05) is 6.07 Å². The fourth-order valence-electron chi connectivity index (χ4n) is 2.11. The van der Waals surface area contributed by atoms with Gasteiger partial charge < -0.3 is 20.7 Å². The number of benzene rings is 1. The molecule has 2 aromatic rings. The summed E-state index contributed by atoms with van der Waals surface area (Å²) >= 11 is 0. The van der Waals surface area contributed by atoms with E-state index in [0.717, 1.165) is 5.56 Å². The van der Waals surface area contributed by atoms with E-state index < -0.39 is 0 Å². The van der Waals surface area contributed by atoms with Crippen LogP contribution in [0.5, 0.6) is 0 Å². The first-order valence-corrected chi connectivity index (χ1v) is 7.91. The Morgan fingerprint density at radius 3 is 2.44 bits per heavy atom. The van der Waals surface area contributed by atoms with E-state index in [9.17, 15) is 9.59 Å². The van der Waals surface area contributed by atoms with Crippen LogP contribution < -0.4 is 16.0 Å². The normalized spacial score (nSPS) is 9.56. The third-order valence-electron chi connectivity index (χ3n) is 3.48. The van der Waals surface area contributed by atoms with Gasteiger partial charge in [0.2, 0.25) is 5.91 Å². The van der Waals surface area contributed by atoms with Crippen molar-refractivity contribution in [3.63, 3.8) is 0 Å². The van der Waals surface area contributed by atoms with Crippen LogP contribution in [0.15, 0.2) is 42.7 Å². The Kier molecular flexibility index (Phi) is 12.0. The maximum absolute atomic E-state index is 12.3. The zero-order valence-electron chi connectivity index (χ0n) is 15.2. The molecule has 27 heavy (non-hydrogen) atoms. The molecule has 148 valence electrons. The van der Waals surface area contributed by atoms with Gasteiger partial charge in [-0.2, -0.15) is 0 Å². The molecule has 0 bridgehead atoms. The lowest BCUT2D eigenvalue weighted by molar-refractivity contribution is -0.115. The smallest absolute Gasteiger partial charge is 0.255 e. The molecule has 0 spiro atoms. The quantitative estimate of drug-likeness (QED) is 0.577. The molecule has 3 N–H and O–H groups in total. The Hall–Kier alpha value is -2.19. The second-order valence-electron chi connectivity index (χ2n) is 5.44. The van der Waals surface area contributed by atoms with Crippen LogP contribution in [-0.2, 0) is 9.53 Å². The number of ether oxygens (including phenoxy) is 1. The molecule has 9 heteroatoms. The summed E-state index contributed by atoms with van der Waals surface area (Å²) in [6, 6.07) is 8.66. The first-order valence-electron chi connectivity index (χ1n) is 7.91. The standard InChI is InChI=1S/C18H22N4O3.2ClH/c1-13-3-4-15(21-17(23)12-20-9-10-25-2)11-16(13)22-18(24)14-5-7-19-8-6-14;;/h3-8,11,20H,9-10,12H2,1-2H3,(H,21,23)(H,22,24);2*1H. The van der Waals surface area contributed by atoms with Gasteiger partial charge in [0.05, 0.1) is 13.2 Å². The van der Waals surface area contributed by atoms with Crippen molar-refractivity contribution in [3.8, 4) is 0 Å². The van der Waals surface area contributed by atoms with E-state index in [1.165, 1.54) is 0 Å². The minimum atomic E-state index is -0.227. The van der Waals surface area contributed by atoms with Gasteiger partial charge >= 0.3 is 0 Å². The molecule has 0 unspecified atom stereocenters. The molecular formula is C18H24Cl2N4O3. The number of nitrogens with zero attached hydrogens (tertiary/aromatic N) is 1.